The van der Waals surface area contributed by atoms with Crippen LogP contribution in [0.5, 0.6) is 0 Å². The maximum Gasteiger partial charge on any atom is 0.407 e. The Balaban J connectivity index is 1.50. The molecule has 0 spiro atoms. The zero-order valence-corrected chi connectivity index (χ0v) is 24.9. The number of unbranched alkanes of at least 4 members (excludes halogenated alkanes) is 1. The lowest BCUT2D eigenvalue weighted by molar-refractivity contribution is -0.143. The van der Waals surface area contributed by atoms with E-state index in [1.165, 1.54) is 7.11 Å². The van der Waals surface area contributed by atoms with Crippen LogP contribution >= 0.6 is 11.8 Å². The lowest BCUT2D eigenvalue weighted by Crippen LogP contribution is -2.41. The van der Waals surface area contributed by atoms with Crippen molar-refractivity contribution in [1.29, 1.82) is 0 Å². The van der Waals surface area contributed by atoms with Crippen LogP contribution in [0.1, 0.15) is 61.5 Å². The third kappa shape index (κ3) is 10.6. The number of esters is 1. The maximum atomic E-state index is 13.0. The SMILES string of the molecule is COC(=O)[C@H](CCCCNC(=O)OC(C)(C)C)NC(=O)c1cccc(CNc2ccc(/C=C3\SC(=O)NC3=O)cc2)c1. The van der Waals surface area contributed by atoms with Gasteiger partial charge in [0.2, 0.25) is 0 Å². The van der Waals surface area contributed by atoms with Gasteiger partial charge in [-0.3, -0.25) is 19.7 Å². The van der Waals surface area contributed by atoms with Gasteiger partial charge in [0.1, 0.15) is 11.6 Å². The molecular weight excluding hydrogens is 560 g/mol. The summed E-state index contributed by atoms with van der Waals surface area (Å²) in [6.07, 6.45) is 2.66. The average Bonchev–Trinajstić information content (AvgIpc) is 3.26. The molecule has 1 aliphatic rings. The quantitative estimate of drug-likeness (QED) is 0.157. The average molecular weight is 597 g/mol. The maximum absolute atomic E-state index is 13.0. The number of hydrogen-bond donors (Lipinski definition) is 4. The van der Waals surface area contributed by atoms with Gasteiger partial charge in [-0.2, -0.15) is 0 Å². The lowest BCUT2D eigenvalue weighted by Gasteiger charge is -2.20. The van der Waals surface area contributed by atoms with Gasteiger partial charge in [0.15, 0.2) is 0 Å². The van der Waals surface area contributed by atoms with Crippen molar-refractivity contribution in [1.82, 2.24) is 16.0 Å². The molecule has 0 radical (unpaired) electrons. The van der Waals surface area contributed by atoms with E-state index in [1.54, 1.807) is 45.0 Å². The number of rotatable bonds is 12. The van der Waals surface area contributed by atoms with Gasteiger partial charge in [-0.25, -0.2) is 9.59 Å². The fourth-order valence-corrected chi connectivity index (χ4v) is 4.59. The number of thioether (sulfide) groups is 1. The molecule has 0 aromatic heterocycles. The lowest BCUT2D eigenvalue weighted by atomic mass is 10.1. The Labute approximate surface area is 249 Å². The third-order valence-electron chi connectivity index (χ3n) is 5.92. The highest BCUT2D eigenvalue weighted by Gasteiger charge is 2.25. The number of amides is 4. The molecule has 4 N–H and O–H groups in total. The van der Waals surface area contributed by atoms with E-state index in [-0.39, 0.29) is 5.24 Å². The van der Waals surface area contributed by atoms with Gasteiger partial charge < -0.3 is 25.4 Å². The van der Waals surface area contributed by atoms with E-state index in [0.29, 0.717) is 42.8 Å². The highest BCUT2D eigenvalue weighted by molar-refractivity contribution is 8.18. The van der Waals surface area contributed by atoms with Crippen LogP contribution in [-0.4, -0.2) is 54.4 Å². The molecule has 0 aliphatic carbocycles. The Bertz CT molecular complexity index is 1340. The first-order valence-corrected chi connectivity index (χ1v) is 14.3. The number of ether oxygens (including phenoxy) is 2. The Hall–Kier alpha value is -4.32. The summed E-state index contributed by atoms with van der Waals surface area (Å²) < 4.78 is 10.1. The summed E-state index contributed by atoms with van der Waals surface area (Å²) in [6.45, 7) is 6.17. The van der Waals surface area contributed by atoms with Crippen molar-refractivity contribution < 1.29 is 33.4 Å². The van der Waals surface area contributed by atoms with E-state index in [0.717, 1.165) is 28.6 Å². The van der Waals surface area contributed by atoms with Crippen LogP contribution in [0.3, 0.4) is 0 Å². The minimum absolute atomic E-state index is 0.348. The third-order valence-corrected chi connectivity index (χ3v) is 6.73. The van der Waals surface area contributed by atoms with E-state index in [2.05, 4.69) is 21.3 Å². The van der Waals surface area contributed by atoms with E-state index in [9.17, 15) is 24.0 Å². The summed E-state index contributed by atoms with van der Waals surface area (Å²) in [4.78, 5) is 60.4. The standard InChI is InChI=1S/C30H36N4O7S/c1-30(2,3)41-28(38)31-15-6-5-10-23(27(37)40-4)33-25(35)21-9-7-8-20(16-21)18-32-22-13-11-19(12-14-22)17-24-26(36)34-29(39)42-24/h7-9,11-14,16-17,23,32H,5-6,10,15,18H2,1-4H3,(H,31,38)(H,33,35)(H,34,36,39)/b24-17-/t23-/m0/s1. The van der Waals surface area contributed by atoms with Crippen molar-refractivity contribution >= 4 is 52.6 Å². The van der Waals surface area contributed by atoms with Crippen molar-refractivity contribution in [3.05, 3.63) is 70.1 Å². The van der Waals surface area contributed by atoms with Crippen LogP contribution in [0, 0.1) is 0 Å². The highest BCUT2D eigenvalue weighted by Crippen LogP contribution is 2.26. The summed E-state index contributed by atoms with van der Waals surface area (Å²) in [5.41, 5.74) is 2.29. The normalized spacial score (nSPS) is 14.6. The van der Waals surface area contributed by atoms with E-state index >= 15 is 0 Å². The fourth-order valence-electron chi connectivity index (χ4n) is 3.91. The second-order valence-corrected chi connectivity index (χ2v) is 11.5. The molecule has 1 heterocycles. The summed E-state index contributed by atoms with van der Waals surface area (Å²) in [7, 11) is 1.27. The van der Waals surface area contributed by atoms with Crippen molar-refractivity contribution in [3.63, 3.8) is 0 Å². The number of carbonyl (C=O) groups excluding carboxylic acids is 5. The van der Waals surface area contributed by atoms with Crippen molar-refractivity contribution in [3.8, 4) is 0 Å². The van der Waals surface area contributed by atoms with Gasteiger partial charge in [0, 0.05) is 24.3 Å². The predicted octanol–water partition coefficient (Wildman–Crippen LogP) is 4.59. The number of carbonyl (C=O) groups is 5. The monoisotopic (exact) mass is 596 g/mol. The van der Waals surface area contributed by atoms with Crippen LogP contribution in [0.4, 0.5) is 15.3 Å². The smallest absolute Gasteiger partial charge is 0.407 e. The van der Waals surface area contributed by atoms with E-state index in [4.69, 9.17) is 9.47 Å². The molecule has 0 saturated carbocycles. The molecule has 4 amide bonds. The minimum atomic E-state index is -0.828. The first-order valence-electron chi connectivity index (χ1n) is 13.5. The van der Waals surface area contributed by atoms with Gasteiger partial charge in [0.25, 0.3) is 17.1 Å². The molecular formula is C30H36N4O7S. The summed E-state index contributed by atoms with van der Waals surface area (Å²) in [5, 5.41) is 10.6. The molecule has 3 rings (SSSR count). The number of hydrogen-bond acceptors (Lipinski definition) is 9. The Morgan fingerprint density at radius 1 is 1.05 bits per heavy atom. The van der Waals surface area contributed by atoms with Crippen LogP contribution < -0.4 is 21.3 Å². The molecule has 0 unspecified atom stereocenters. The molecule has 11 nitrogen and oxygen atoms in total. The second-order valence-electron chi connectivity index (χ2n) is 10.5. The van der Waals surface area contributed by atoms with Gasteiger partial charge >= 0.3 is 12.1 Å². The van der Waals surface area contributed by atoms with Crippen molar-refractivity contribution in [2.75, 3.05) is 19.0 Å². The van der Waals surface area contributed by atoms with Gasteiger partial charge in [-0.15, -0.1) is 0 Å². The number of benzene rings is 2. The van der Waals surface area contributed by atoms with Crippen LogP contribution in [0.15, 0.2) is 53.4 Å². The molecule has 1 aliphatic heterocycles. The first kappa shape index (κ1) is 32.2. The second kappa shape index (κ2) is 15.1. The van der Waals surface area contributed by atoms with Gasteiger partial charge in [-0.1, -0.05) is 24.3 Å². The van der Waals surface area contributed by atoms with E-state index < -0.39 is 35.5 Å². The van der Waals surface area contributed by atoms with Crippen LogP contribution in [-0.2, 0) is 25.6 Å². The molecule has 1 saturated heterocycles. The molecule has 1 fully saturated rings. The fraction of sp³-hybridized carbons (Fsp3) is 0.367. The van der Waals surface area contributed by atoms with Crippen LogP contribution in [0.25, 0.3) is 6.08 Å². The number of imide groups is 1. The largest absolute Gasteiger partial charge is 0.467 e. The molecule has 2 aromatic carbocycles. The molecule has 42 heavy (non-hydrogen) atoms. The molecule has 0 bridgehead atoms. The van der Waals surface area contributed by atoms with Gasteiger partial charge in [-0.05, 0) is 93.3 Å². The number of methoxy groups -OCH3 is 1. The highest BCUT2D eigenvalue weighted by atomic mass is 32.2. The molecule has 224 valence electrons. The Kier molecular flexibility index (Phi) is 11.5. The Morgan fingerprint density at radius 2 is 1.79 bits per heavy atom. The zero-order chi connectivity index (χ0) is 30.7. The van der Waals surface area contributed by atoms with E-state index in [1.807, 2.05) is 30.3 Å². The predicted molar refractivity (Wildman–Crippen MR) is 161 cm³/mol. The number of alkyl carbamates (subject to hydrolysis) is 1. The van der Waals surface area contributed by atoms with Gasteiger partial charge in [0.05, 0.1) is 12.0 Å². The number of anilines is 1. The molecule has 1 atom stereocenters. The van der Waals surface area contributed by atoms with Crippen molar-refractivity contribution in [2.24, 2.45) is 0 Å². The molecule has 2 aromatic rings. The van der Waals surface area contributed by atoms with Crippen LogP contribution in [0.2, 0.25) is 0 Å². The van der Waals surface area contributed by atoms with Crippen molar-refractivity contribution in [2.45, 2.75) is 58.2 Å². The minimum Gasteiger partial charge on any atom is -0.467 e. The summed E-state index contributed by atoms with van der Waals surface area (Å²) in [6, 6.07) is 13.6. The zero-order valence-electron chi connectivity index (χ0n) is 24.1. The first-order chi connectivity index (χ1) is 19.9. The Morgan fingerprint density at radius 3 is 2.43 bits per heavy atom. The topological polar surface area (TPSA) is 152 Å². The summed E-state index contributed by atoms with van der Waals surface area (Å²) >= 11 is 0.868. The number of nitrogens with one attached hydrogen (secondary N) is 4. The molecule has 12 heteroatoms. The summed E-state index contributed by atoms with van der Waals surface area (Å²) in [5.74, 6) is -1.34.